The first-order valence-electron chi connectivity index (χ1n) is 6.44. The summed E-state index contributed by atoms with van der Waals surface area (Å²) in [6, 6.07) is 14.5. The van der Waals surface area contributed by atoms with Gasteiger partial charge in [-0.2, -0.15) is 0 Å². The molecule has 0 bridgehead atoms. The summed E-state index contributed by atoms with van der Waals surface area (Å²) in [7, 11) is 0. The van der Waals surface area contributed by atoms with Crippen molar-refractivity contribution in [2.45, 2.75) is 12.2 Å². The largest absolute Gasteiger partial charge is 0.398 e. The fourth-order valence-corrected chi connectivity index (χ4v) is 2.04. The molecule has 0 amide bonds. The predicted octanol–water partition coefficient (Wildman–Crippen LogP) is 2.92. The molecule has 2 aromatic carbocycles. The molecule has 0 aliphatic heterocycles. The van der Waals surface area contributed by atoms with Crippen LogP contribution < -0.4 is 11.5 Å². The molecule has 0 saturated heterocycles. The van der Waals surface area contributed by atoms with Crippen LogP contribution in [0.4, 0.5) is 11.4 Å². The number of rotatable bonds is 4. The number of nitrogen functional groups attached to an aromatic ring is 2. The van der Waals surface area contributed by atoms with Crippen molar-refractivity contribution in [3.63, 3.8) is 0 Å². The highest BCUT2D eigenvalue weighted by Gasteiger charge is 2.19. The fourth-order valence-electron chi connectivity index (χ4n) is 2.04. The second-order valence-corrected chi connectivity index (χ2v) is 4.49. The number of para-hydroxylation sites is 2. The van der Waals surface area contributed by atoms with Crippen LogP contribution in [0.3, 0.4) is 0 Å². The smallest absolute Gasteiger partial charge is 0.147 e. The molecule has 104 valence electrons. The molecule has 0 aromatic heterocycles. The minimum atomic E-state index is -0.633. The van der Waals surface area contributed by atoms with Gasteiger partial charge in [-0.15, -0.1) is 12.8 Å². The lowest BCUT2D eigenvalue weighted by molar-refractivity contribution is 0.0524. The van der Waals surface area contributed by atoms with Crippen molar-refractivity contribution in [1.29, 1.82) is 0 Å². The van der Waals surface area contributed by atoms with E-state index in [9.17, 15) is 0 Å². The van der Waals surface area contributed by atoms with Crippen molar-refractivity contribution < 1.29 is 4.74 Å². The van der Waals surface area contributed by atoms with Crippen LogP contribution in [0.15, 0.2) is 48.5 Å². The van der Waals surface area contributed by atoms with Crippen LogP contribution >= 0.6 is 0 Å². The van der Waals surface area contributed by atoms with Gasteiger partial charge >= 0.3 is 0 Å². The molecule has 0 fully saturated rings. The molecule has 4 N–H and O–H groups in total. The summed E-state index contributed by atoms with van der Waals surface area (Å²) in [5.74, 6) is 5.15. The number of ether oxygens (including phenoxy) is 1. The summed E-state index contributed by atoms with van der Waals surface area (Å²) in [5.41, 5.74) is 14.4. The van der Waals surface area contributed by atoms with Gasteiger partial charge in [0.2, 0.25) is 0 Å². The summed E-state index contributed by atoms with van der Waals surface area (Å²) in [6.45, 7) is 0. The molecule has 2 rings (SSSR count). The van der Waals surface area contributed by atoms with Gasteiger partial charge in [0, 0.05) is 22.5 Å². The van der Waals surface area contributed by atoms with Gasteiger partial charge in [-0.1, -0.05) is 48.2 Å². The molecule has 2 atom stereocenters. The normalized spacial score (nSPS) is 12.9. The van der Waals surface area contributed by atoms with E-state index in [0.717, 1.165) is 11.1 Å². The Morgan fingerprint density at radius 1 is 0.762 bits per heavy atom. The van der Waals surface area contributed by atoms with Crippen LogP contribution in [0.25, 0.3) is 0 Å². The first-order chi connectivity index (χ1) is 10.2. The Balaban J connectivity index is 2.30. The average Bonchev–Trinajstić information content (AvgIpc) is 2.51. The molecule has 3 nitrogen and oxygen atoms in total. The van der Waals surface area contributed by atoms with E-state index in [2.05, 4.69) is 11.8 Å². The summed E-state index contributed by atoms with van der Waals surface area (Å²) in [6.07, 6.45) is 9.86. The highest BCUT2D eigenvalue weighted by molar-refractivity contribution is 5.51. The van der Waals surface area contributed by atoms with Crippen LogP contribution in [0.1, 0.15) is 23.3 Å². The number of benzene rings is 2. The Bertz CT molecular complexity index is 648. The maximum absolute atomic E-state index is 5.93. The zero-order chi connectivity index (χ0) is 15.2. The summed E-state index contributed by atoms with van der Waals surface area (Å²) >= 11 is 0. The van der Waals surface area contributed by atoms with E-state index in [0.29, 0.717) is 11.4 Å². The van der Waals surface area contributed by atoms with E-state index < -0.39 is 12.2 Å². The molecule has 0 aliphatic carbocycles. The highest BCUT2D eigenvalue weighted by atomic mass is 16.5. The predicted molar refractivity (Wildman–Crippen MR) is 85.9 cm³/mol. The number of anilines is 2. The van der Waals surface area contributed by atoms with Crippen LogP contribution in [0.2, 0.25) is 0 Å². The van der Waals surface area contributed by atoms with Crippen LogP contribution in [0.5, 0.6) is 0 Å². The van der Waals surface area contributed by atoms with Crippen molar-refractivity contribution in [3.05, 3.63) is 59.7 Å². The van der Waals surface area contributed by atoms with E-state index in [1.54, 1.807) is 12.1 Å². The molecule has 3 heteroatoms. The third kappa shape index (κ3) is 3.17. The Kier molecular flexibility index (Phi) is 4.51. The molecule has 21 heavy (non-hydrogen) atoms. The van der Waals surface area contributed by atoms with Crippen molar-refractivity contribution >= 4 is 11.4 Å². The summed E-state index contributed by atoms with van der Waals surface area (Å²) in [4.78, 5) is 0. The second kappa shape index (κ2) is 6.52. The first-order valence-corrected chi connectivity index (χ1v) is 6.44. The maximum Gasteiger partial charge on any atom is 0.147 e. The number of hydrogen-bond donors (Lipinski definition) is 2. The van der Waals surface area contributed by atoms with E-state index >= 15 is 0 Å². The summed E-state index contributed by atoms with van der Waals surface area (Å²) in [5, 5.41) is 0. The molecule has 2 unspecified atom stereocenters. The Hall–Kier alpha value is -2.88. The van der Waals surface area contributed by atoms with E-state index in [4.69, 9.17) is 29.1 Å². The molecule has 0 radical (unpaired) electrons. The van der Waals surface area contributed by atoms with Crippen LogP contribution in [-0.4, -0.2) is 0 Å². The van der Waals surface area contributed by atoms with E-state index in [1.165, 1.54) is 0 Å². The van der Waals surface area contributed by atoms with Crippen LogP contribution in [0, 0.1) is 24.7 Å². The number of terminal acetylenes is 2. The lowest BCUT2D eigenvalue weighted by atomic mass is 10.1. The minimum absolute atomic E-state index is 0.567. The van der Waals surface area contributed by atoms with Crippen molar-refractivity contribution in [1.82, 2.24) is 0 Å². The topological polar surface area (TPSA) is 61.3 Å². The van der Waals surface area contributed by atoms with Gasteiger partial charge in [0.15, 0.2) is 0 Å². The minimum Gasteiger partial charge on any atom is -0.398 e. The monoisotopic (exact) mass is 276 g/mol. The lowest BCUT2D eigenvalue weighted by Crippen LogP contribution is -2.11. The quantitative estimate of drug-likeness (QED) is 0.666. The average molecular weight is 276 g/mol. The van der Waals surface area contributed by atoms with Crippen LogP contribution in [-0.2, 0) is 4.74 Å². The zero-order valence-electron chi connectivity index (χ0n) is 11.5. The maximum atomic E-state index is 5.93. The van der Waals surface area contributed by atoms with Crippen molar-refractivity contribution in [3.8, 4) is 24.7 Å². The number of nitrogens with two attached hydrogens (primary N) is 2. The van der Waals surface area contributed by atoms with Crippen molar-refractivity contribution in [2.75, 3.05) is 11.5 Å². The van der Waals surface area contributed by atoms with E-state index in [-0.39, 0.29) is 0 Å². The zero-order valence-corrected chi connectivity index (χ0v) is 11.5. The van der Waals surface area contributed by atoms with Gasteiger partial charge in [-0.25, -0.2) is 0 Å². The van der Waals surface area contributed by atoms with E-state index in [1.807, 2.05) is 36.4 Å². The lowest BCUT2D eigenvalue weighted by Gasteiger charge is -2.20. The molecule has 0 aliphatic rings. The van der Waals surface area contributed by atoms with Gasteiger partial charge in [0.1, 0.15) is 12.2 Å². The second-order valence-electron chi connectivity index (χ2n) is 4.49. The highest BCUT2D eigenvalue weighted by Crippen LogP contribution is 2.31. The third-order valence-electron chi connectivity index (χ3n) is 3.13. The molecule has 0 saturated carbocycles. The number of hydrogen-bond acceptors (Lipinski definition) is 3. The molecule has 2 aromatic rings. The Morgan fingerprint density at radius 3 is 1.48 bits per heavy atom. The van der Waals surface area contributed by atoms with Gasteiger partial charge in [0.25, 0.3) is 0 Å². The summed E-state index contributed by atoms with van der Waals surface area (Å²) < 4.78 is 5.85. The van der Waals surface area contributed by atoms with Gasteiger partial charge in [-0.3, -0.25) is 0 Å². The first kappa shape index (κ1) is 14.5. The SMILES string of the molecule is C#CC(OC(C#C)c1ccccc1N)c1ccccc1N. The molecular formula is C18H16N2O. The van der Waals surface area contributed by atoms with Gasteiger partial charge in [0.05, 0.1) is 0 Å². The molecular weight excluding hydrogens is 260 g/mol. The standard InChI is InChI=1S/C18H16N2O/c1-3-17(13-9-5-7-11-15(13)19)21-18(4-2)14-10-6-8-12-16(14)20/h1-2,5-12,17-18H,19-20H2. The van der Waals surface area contributed by atoms with Gasteiger partial charge < -0.3 is 16.2 Å². The third-order valence-corrected chi connectivity index (χ3v) is 3.13. The molecule has 0 spiro atoms. The molecule has 0 heterocycles. The van der Waals surface area contributed by atoms with Crippen molar-refractivity contribution in [2.24, 2.45) is 0 Å². The Morgan fingerprint density at radius 2 is 1.14 bits per heavy atom. The Labute approximate surface area is 124 Å². The fraction of sp³-hybridized carbons (Fsp3) is 0.111. The van der Waals surface area contributed by atoms with Gasteiger partial charge in [-0.05, 0) is 12.1 Å².